The van der Waals surface area contributed by atoms with Gasteiger partial charge < -0.3 is 24.8 Å². The largest absolute Gasteiger partial charge is 0.379 e. The van der Waals surface area contributed by atoms with Crippen LogP contribution in [0.15, 0.2) is 23.3 Å². The first-order valence-electron chi connectivity index (χ1n) is 11.5. The maximum atomic E-state index is 5.52. The Balaban J connectivity index is 1.37. The molecule has 0 aliphatic carbocycles. The molecule has 3 aliphatic heterocycles. The third-order valence-corrected chi connectivity index (χ3v) is 6.41. The van der Waals surface area contributed by atoms with Crippen LogP contribution < -0.4 is 10.2 Å². The van der Waals surface area contributed by atoms with Crippen LogP contribution in [0.1, 0.15) is 18.9 Å². The van der Waals surface area contributed by atoms with Crippen molar-refractivity contribution < 1.29 is 4.74 Å². The molecular formula is C22H37N7O. The first-order valence-corrected chi connectivity index (χ1v) is 11.5. The van der Waals surface area contributed by atoms with Gasteiger partial charge in [0, 0.05) is 71.1 Å². The minimum Gasteiger partial charge on any atom is -0.379 e. The molecule has 0 saturated carbocycles. The molecule has 1 N–H and O–H groups in total. The van der Waals surface area contributed by atoms with Gasteiger partial charge in [0.05, 0.1) is 19.8 Å². The highest BCUT2D eigenvalue weighted by Crippen LogP contribution is 2.18. The van der Waals surface area contributed by atoms with Gasteiger partial charge in [0.1, 0.15) is 5.82 Å². The number of likely N-dealkylation sites (tertiary alicyclic amines) is 1. The summed E-state index contributed by atoms with van der Waals surface area (Å²) in [5, 5.41) is 3.50. The second-order valence-electron chi connectivity index (χ2n) is 8.52. The zero-order valence-electron chi connectivity index (χ0n) is 18.6. The maximum Gasteiger partial charge on any atom is 0.194 e. The van der Waals surface area contributed by atoms with E-state index in [9.17, 15) is 0 Å². The topological polar surface area (TPSA) is 59.5 Å². The average molecular weight is 416 g/mol. The fourth-order valence-electron chi connectivity index (χ4n) is 4.53. The molecule has 3 saturated heterocycles. The molecule has 4 heterocycles. The standard InChI is InChI=1S/C22H37N7O/c1-3-23-22(29-7-5-20(18-29)27-12-14-30-15-13-27)25-17-19-4-6-24-21(16-19)28-10-8-26(2)9-11-28/h4,6,16,20H,3,5,7-15,17-18H2,1-2H3,(H,23,25). The molecule has 166 valence electrons. The summed E-state index contributed by atoms with van der Waals surface area (Å²) in [6.45, 7) is 13.9. The first-order chi connectivity index (χ1) is 14.7. The van der Waals surface area contributed by atoms with E-state index in [2.05, 4.69) is 56.0 Å². The highest BCUT2D eigenvalue weighted by atomic mass is 16.5. The van der Waals surface area contributed by atoms with Crippen LogP contribution in [-0.4, -0.2) is 111 Å². The van der Waals surface area contributed by atoms with Crippen LogP contribution in [0.5, 0.6) is 0 Å². The van der Waals surface area contributed by atoms with E-state index in [1.165, 1.54) is 12.0 Å². The fraction of sp³-hybridized carbons (Fsp3) is 0.727. The Hall–Kier alpha value is -1.90. The summed E-state index contributed by atoms with van der Waals surface area (Å²) in [6, 6.07) is 4.91. The third kappa shape index (κ3) is 5.42. The number of rotatable bonds is 5. The molecule has 0 radical (unpaired) electrons. The number of ether oxygens (including phenoxy) is 1. The van der Waals surface area contributed by atoms with E-state index >= 15 is 0 Å². The Labute approximate surface area is 180 Å². The number of pyridine rings is 1. The summed E-state index contributed by atoms with van der Waals surface area (Å²) in [5.41, 5.74) is 1.22. The Bertz CT molecular complexity index is 698. The Morgan fingerprint density at radius 2 is 1.97 bits per heavy atom. The molecule has 3 aliphatic rings. The van der Waals surface area contributed by atoms with Crippen molar-refractivity contribution >= 4 is 11.8 Å². The summed E-state index contributed by atoms with van der Waals surface area (Å²) in [5.74, 6) is 2.11. The van der Waals surface area contributed by atoms with Crippen LogP contribution in [0.3, 0.4) is 0 Å². The summed E-state index contributed by atoms with van der Waals surface area (Å²) < 4.78 is 5.52. The summed E-state index contributed by atoms with van der Waals surface area (Å²) in [4.78, 5) is 19.3. The van der Waals surface area contributed by atoms with Crippen molar-refractivity contribution in [3.05, 3.63) is 23.9 Å². The predicted octanol–water partition coefficient (Wildman–Crippen LogP) is 0.705. The van der Waals surface area contributed by atoms with Crippen molar-refractivity contribution in [2.24, 2.45) is 4.99 Å². The minimum absolute atomic E-state index is 0.613. The lowest BCUT2D eigenvalue weighted by molar-refractivity contribution is 0.0195. The van der Waals surface area contributed by atoms with Crippen LogP contribution in [0.2, 0.25) is 0 Å². The Morgan fingerprint density at radius 3 is 2.73 bits per heavy atom. The number of aliphatic imine (C=N–C) groups is 1. The Kier molecular flexibility index (Phi) is 7.41. The van der Waals surface area contributed by atoms with Gasteiger partial charge >= 0.3 is 0 Å². The van der Waals surface area contributed by atoms with Gasteiger partial charge in [0.15, 0.2) is 5.96 Å². The number of hydrogen-bond donors (Lipinski definition) is 1. The first kappa shape index (κ1) is 21.3. The quantitative estimate of drug-likeness (QED) is 0.561. The van der Waals surface area contributed by atoms with Gasteiger partial charge in [-0.3, -0.25) is 4.90 Å². The number of morpholine rings is 1. The minimum atomic E-state index is 0.613. The maximum absolute atomic E-state index is 5.52. The molecule has 1 unspecified atom stereocenters. The molecule has 1 atom stereocenters. The van der Waals surface area contributed by atoms with E-state index in [4.69, 9.17) is 9.73 Å². The van der Waals surface area contributed by atoms with Crippen LogP contribution in [0.25, 0.3) is 0 Å². The summed E-state index contributed by atoms with van der Waals surface area (Å²) >= 11 is 0. The summed E-state index contributed by atoms with van der Waals surface area (Å²) in [6.07, 6.45) is 3.13. The number of hydrogen-bond acceptors (Lipinski definition) is 6. The van der Waals surface area contributed by atoms with Gasteiger partial charge in [-0.25, -0.2) is 9.98 Å². The molecule has 0 amide bonds. The van der Waals surface area contributed by atoms with E-state index in [0.717, 1.165) is 83.9 Å². The molecular weight excluding hydrogens is 378 g/mol. The fourth-order valence-corrected chi connectivity index (χ4v) is 4.53. The summed E-state index contributed by atoms with van der Waals surface area (Å²) in [7, 11) is 2.18. The van der Waals surface area contributed by atoms with Gasteiger partial charge in [-0.05, 0) is 38.1 Å². The lowest BCUT2D eigenvalue weighted by atomic mass is 10.2. The highest BCUT2D eigenvalue weighted by molar-refractivity contribution is 5.80. The molecule has 0 aromatic carbocycles. The lowest BCUT2D eigenvalue weighted by Crippen LogP contribution is -2.46. The molecule has 3 fully saturated rings. The van der Waals surface area contributed by atoms with Crippen LogP contribution in [-0.2, 0) is 11.3 Å². The van der Waals surface area contributed by atoms with Gasteiger partial charge in [-0.1, -0.05) is 0 Å². The number of anilines is 1. The van der Waals surface area contributed by atoms with Crippen molar-refractivity contribution in [1.82, 2.24) is 25.0 Å². The van der Waals surface area contributed by atoms with Crippen molar-refractivity contribution in [3.8, 4) is 0 Å². The normalized spacial score (nSPS) is 24.5. The number of guanidine groups is 1. The number of likely N-dealkylation sites (N-methyl/N-ethyl adjacent to an activating group) is 1. The van der Waals surface area contributed by atoms with Crippen molar-refractivity contribution in [3.63, 3.8) is 0 Å². The predicted molar refractivity (Wildman–Crippen MR) is 121 cm³/mol. The second-order valence-corrected chi connectivity index (χ2v) is 8.52. The Morgan fingerprint density at radius 1 is 1.17 bits per heavy atom. The third-order valence-electron chi connectivity index (χ3n) is 6.41. The molecule has 1 aromatic rings. The van der Waals surface area contributed by atoms with E-state index in [1.54, 1.807) is 0 Å². The van der Waals surface area contributed by atoms with Gasteiger partial charge in [-0.2, -0.15) is 0 Å². The lowest BCUT2D eigenvalue weighted by Gasteiger charge is -2.33. The van der Waals surface area contributed by atoms with Gasteiger partial charge in [0.25, 0.3) is 0 Å². The zero-order valence-corrected chi connectivity index (χ0v) is 18.6. The SMILES string of the molecule is CCNC(=NCc1ccnc(N2CCN(C)CC2)c1)N1CCC(N2CCOCC2)C1. The second kappa shape index (κ2) is 10.4. The molecule has 1 aromatic heterocycles. The monoisotopic (exact) mass is 415 g/mol. The van der Waals surface area contributed by atoms with Crippen molar-refractivity contribution in [1.29, 1.82) is 0 Å². The average Bonchev–Trinajstić information content (AvgIpc) is 3.28. The smallest absolute Gasteiger partial charge is 0.194 e. The number of aromatic nitrogens is 1. The van der Waals surface area contributed by atoms with Crippen molar-refractivity contribution in [2.45, 2.75) is 25.9 Å². The number of nitrogens with zero attached hydrogens (tertiary/aromatic N) is 6. The van der Waals surface area contributed by atoms with Crippen LogP contribution >= 0.6 is 0 Å². The van der Waals surface area contributed by atoms with Crippen LogP contribution in [0, 0.1) is 0 Å². The number of piperazine rings is 1. The van der Waals surface area contributed by atoms with Gasteiger partial charge in [0.2, 0.25) is 0 Å². The van der Waals surface area contributed by atoms with Gasteiger partial charge in [-0.15, -0.1) is 0 Å². The molecule has 8 nitrogen and oxygen atoms in total. The van der Waals surface area contributed by atoms with E-state index < -0.39 is 0 Å². The number of nitrogens with one attached hydrogen (secondary N) is 1. The molecule has 30 heavy (non-hydrogen) atoms. The molecule has 4 rings (SSSR count). The van der Waals surface area contributed by atoms with E-state index in [0.29, 0.717) is 12.6 Å². The molecule has 8 heteroatoms. The van der Waals surface area contributed by atoms with Crippen LogP contribution in [0.4, 0.5) is 5.82 Å². The van der Waals surface area contributed by atoms with Crippen molar-refractivity contribution in [2.75, 3.05) is 84.1 Å². The highest BCUT2D eigenvalue weighted by Gasteiger charge is 2.30. The zero-order chi connectivity index (χ0) is 20.8. The van der Waals surface area contributed by atoms with E-state index in [-0.39, 0.29) is 0 Å². The van der Waals surface area contributed by atoms with E-state index in [1.807, 2.05) is 6.20 Å². The molecule has 0 bridgehead atoms. The molecule has 0 spiro atoms.